The minimum absolute atomic E-state index is 0.104. The standard InChI is InChI=1S/C77H150O17P2/c1-9-69(7)55-47-39-31-23-19-17-15-13-11-12-14-16-18-20-24-34-43-51-59-76(81)93-72(63-87-74(79)57-49-41-33-27-26-32-40-48-56-70(8)10-2)65-91-95(83,84)89-61-71(78)62-90-96(85,86)92-66-73(64-88-75(80)58-50-42-36-28-30-38-46-54-68(5)6)94-77(82)60-52-44-35-25-21-22-29-37-45-53-67(3)4/h67-73,78H,9-66H2,1-8H3,(H,83,84)(H,85,86)/t69?,70?,71?,72-,73-/m1/s1. The average molecular weight is 1410 g/mol. The summed E-state index contributed by atoms with van der Waals surface area (Å²) >= 11 is 0. The lowest BCUT2D eigenvalue weighted by Gasteiger charge is -2.21. The van der Waals surface area contributed by atoms with E-state index in [0.717, 1.165) is 114 Å². The lowest BCUT2D eigenvalue weighted by molar-refractivity contribution is -0.161. The summed E-state index contributed by atoms with van der Waals surface area (Å²) < 4.78 is 68.5. The first kappa shape index (κ1) is 94.1. The number of aliphatic hydroxyl groups is 1. The number of carbonyl (C=O) groups excluding carboxylic acids is 4. The van der Waals surface area contributed by atoms with Crippen molar-refractivity contribution in [2.75, 3.05) is 39.6 Å². The molecular formula is C77H150O17P2. The number of esters is 4. The van der Waals surface area contributed by atoms with Gasteiger partial charge in [0.1, 0.15) is 19.3 Å². The number of rotatable bonds is 74. The number of ether oxygens (including phenoxy) is 4. The van der Waals surface area contributed by atoms with Gasteiger partial charge in [-0.25, -0.2) is 9.13 Å². The fraction of sp³-hybridized carbons (Fsp3) is 0.948. The topological polar surface area (TPSA) is 237 Å². The SMILES string of the molecule is CCC(C)CCCCCCCCCCCCCCCCCCCCC(=O)O[C@H](COC(=O)CCCCCCCCCCC(C)CC)COP(=O)(O)OCC(O)COP(=O)(O)OC[C@@H](COC(=O)CCCCCCCCCC(C)C)OC(=O)CCCCCCCCCCCC(C)C. The van der Waals surface area contributed by atoms with Crippen LogP contribution in [0, 0.1) is 23.7 Å². The van der Waals surface area contributed by atoms with Gasteiger partial charge in [0.05, 0.1) is 26.4 Å². The van der Waals surface area contributed by atoms with Crippen LogP contribution in [-0.2, 0) is 65.4 Å². The summed E-state index contributed by atoms with van der Waals surface area (Å²) in [5, 5.41) is 10.6. The van der Waals surface area contributed by atoms with Gasteiger partial charge >= 0.3 is 39.5 Å². The van der Waals surface area contributed by atoms with Crippen LogP contribution >= 0.6 is 15.6 Å². The second-order valence-corrected chi connectivity index (χ2v) is 32.1. The maximum Gasteiger partial charge on any atom is 0.472 e. The molecule has 0 saturated carbocycles. The zero-order chi connectivity index (χ0) is 71.0. The molecule has 17 nitrogen and oxygen atoms in total. The molecule has 3 N–H and O–H groups in total. The predicted molar refractivity (Wildman–Crippen MR) is 391 cm³/mol. The lowest BCUT2D eigenvalue weighted by atomic mass is 9.99. The molecule has 0 aliphatic carbocycles. The molecule has 7 atom stereocenters. The lowest BCUT2D eigenvalue weighted by Crippen LogP contribution is -2.30. The normalized spacial score (nSPS) is 14.7. The smallest absolute Gasteiger partial charge is 0.462 e. The van der Waals surface area contributed by atoms with Gasteiger partial charge in [0.25, 0.3) is 0 Å². The van der Waals surface area contributed by atoms with E-state index in [-0.39, 0.29) is 25.7 Å². The molecule has 0 aromatic carbocycles. The molecule has 0 aromatic heterocycles. The number of phosphoric ester groups is 2. The van der Waals surface area contributed by atoms with Crippen LogP contribution in [-0.4, -0.2) is 96.7 Å². The molecule has 5 unspecified atom stereocenters. The van der Waals surface area contributed by atoms with Crippen LogP contribution in [0.2, 0.25) is 0 Å². The average Bonchev–Trinajstić information content (AvgIpc) is 1.56. The molecule has 0 radical (unpaired) electrons. The summed E-state index contributed by atoms with van der Waals surface area (Å²) in [5.41, 5.74) is 0. The van der Waals surface area contributed by atoms with Gasteiger partial charge in [-0.05, 0) is 49.4 Å². The highest BCUT2D eigenvalue weighted by atomic mass is 31.2. The summed E-state index contributed by atoms with van der Waals surface area (Å²) in [4.78, 5) is 72.8. The summed E-state index contributed by atoms with van der Waals surface area (Å²) in [6.07, 6.45) is 51.5. The molecule has 0 spiro atoms. The second-order valence-electron chi connectivity index (χ2n) is 29.2. The quantitative estimate of drug-likeness (QED) is 0.0222. The number of hydrogen-bond acceptors (Lipinski definition) is 15. The largest absolute Gasteiger partial charge is 0.472 e. The maximum absolute atomic E-state index is 13.1. The Kier molecular flexibility index (Phi) is 65.0. The van der Waals surface area contributed by atoms with E-state index in [1.165, 1.54) is 186 Å². The van der Waals surface area contributed by atoms with Crippen molar-refractivity contribution in [3.8, 4) is 0 Å². The first-order chi connectivity index (χ1) is 46.2. The highest BCUT2D eigenvalue weighted by Gasteiger charge is 2.30. The highest BCUT2D eigenvalue weighted by molar-refractivity contribution is 7.47. The number of unbranched alkanes of at least 4 members (excludes halogenated alkanes) is 38. The van der Waals surface area contributed by atoms with E-state index >= 15 is 0 Å². The van der Waals surface area contributed by atoms with Gasteiger partial charge in [0.2, 0.25) is 0 Å². The van der Waals surface area contributed by atoms with Crippen molar-refractivity contribution in [3.63, 3.8) is 0 Å². The molecule has 19 heteroatoms. The van der Waals surface area contributed by atoms with E-state index < -0.39 is 97.5 Å². The molecular weight excluding hydrogens is 1260 g/mol. The van der Waals surface area contributed by atoms with Crippen molar-refractivity contribution in [3.05, 3.63) is 0 Å². The van der Waals surface area contributed by atoms with E-state index in [1.807, 2.05) is 0 Å². The zero-order valence-electron chi connectivity index (χ0n) is 63.0. The van der Waals surface area contributed by atoms with Gasteiger partial charge in [0, 0.05) is 25.7 Å². The van der Waals surface area contributed by atoms with Gasteiger partial charge in [0.15, 0.2) is 12.2 Å². The van der Waals surface area contributed by atoms with Crippen molar-refractivity contribution in [1.29, 1.82) is 0 Å². The molecule has 0 aliphatic heterocycles. The minimum Gasteiger partial charge on any atom is -0.462 e. The third kappa shape index (κ3) is 67.9. The molecule has 0 aromatic rings. The van der Waals surface area contributed by atoms with Gasteiger partial charge in [-0.2, -0.15) is 0 Å². The fourth-order valence-electron chi connectivity index (χ4n) is 11.7. The number of aliphatic hydroxyl groups excluding tert-OH is 1. The molecule has 0 saturated heterocycles. The third-order valence-electron chi connectivity index (χ3n) is 18.5. The first-order valence-corrected chi connectivity index (χ1v) is 42.8. The van der Waals surface area contributed by atoms with Crippen molar-refractivity contribution in [2.45, 2.75) is 408 Å². The molecule has 0 bridgehead atoms. The van der Waals surface area contributed by atoms with Crippen LogP contribution < -0.4 is 0 Å². The van der Waals surface area contributed by atoms with Crippen LogP contribution in [0.15, 0.2) is 0 Å². The Bertz CT molecular complexity index is 1890. The molecule has 96 heavy (non-hydrogen) atoms. The highest BCUT2D eigenvalue weighted by Crippen LogP contribution is 2.45. The summed E-state index contributed by atoms with van der Waals surface area (Å²) in [5.74, 6) is 0.967. The third-order valence-corrected chi connectivity index (χ3v) is 20.4. The van der Waals surface area contributed by atoms with Crippen LogP contribution in [0.4, 0.5) is 0 Å². The molecule has 0 amide bonds. The monoisotopic (exact) mass is 1410 g/mol. The second kappa shape index (κ2) is 66.3. The molecule has 0 aliphatic rings. The van der Waals surface area contributed by atoms with Crippen molar-refractivity contribution in [1.82, 2.24) is 0 Å². The minimum atomic E-state index is -4.96. The Hall–Kier alpha value is -1.94. The van der Waals surface area contributed by atoms with Gasteiger partial charge in [-0.3, -0.25) is 37.3 Å². The van der Waals surface area contributed by atoms with E-state index in [4.69, 9.17) is 37.0 Å². The van der Waals surface area contributed by atoms with E-state index in [1.54, 1.807) is 0 Å². The van der Waals surface area contributed by atoms with E-state index in [9.17, 15) is 43.2 Å². The van der Waals surface area contributed by atoms with Crippen LogP contribution in [0.5, 0.6) is 0 Å². The first-order valence-electron chi connectivity index (χ1n) is 39.8. The van der Waals surface area contributed by atoms with Crippen LogP contribution in [0.1, 0.15) is 389 Å². The van der Waals surface area contributed by atoms with E-state index in [2.05, 4.69) is 55.4 Å². The van der Waals surface area contributed by atoms with Crippen molar-refractivity contribution in [2.24, 2.45) is 23.7 Å². The molecule has 0 fully saturated rings. The van der Waals surface area contributed by atoms with Gasteiger partial charge in [-0.1, -0.05) is 338 Å². The number of phosphoric acid groups is 2. The summed E-state index contributed by atoms with van der Waals surface area (Å²) in [7, 11) is -9.91. The Labute approximate surface area is 588 Å². The molecule has 0 heterocycles. The van der Waals surface area contributed by atoms with Crippen molar-refractivity contribution < 1.29 is 80.2 Å². The Morgan fingerprint density at radius 2 is 0.500 bits per heavy atom. The maximum atomic E-state index is 13.1. The Morgan fingerprint density at radius 1 is 0.292 bits per heavy atom. The Morgan fingerprint density at radius 3 is 0.740 bits per heavy atom. The predicted octanol–water partition coefficient (Wildman–Crippen LogP) is 22.4. The van der Waals surface area contributed by atoms with Crippen molar-refractivity contribution >= 4 is 39.5 Å². The molecule has 570 valence electrons. The molecule has 0 rings (SSSR count). The van der Waals surface area contributed by atoms with Gasteiger partial charge < -0.3 is 33.8 Å². The van der Waals surface area contributed by atoms with Gasteiger partial charge in [-0.15, -0.1) is 0 Å². The van der Waals surface area contributed by atoms with E-state index in [0.29, 0.717) is 31.6 Å². The summed E-state index contributed by atoms with van der Waals surface area (Å²) in [6, 6.07) is 0. The Balaban J connectivity index is 5.19. The van der Waals surface area contributed by atoms with Crippen LogP contribution in [0.25, 0.3) is 0 Å². The zero-order valence-corrected chi connectivity index (χ0v) is 64.8. The summed E-state index contributed by atoms with van der Waals surface area (Å²) in [6.45, 7) is 14.2. The fourth-order valence-corrected chi connectivity index (χ4v) is 13.2. The number of hydrogen-bond donors (Lipinski definition) is 3. The van der Waals surface area contributed by atoms with Crippen LogP contribution in [0.3, 0.4) is 0 Å². The number of carbonyl (C=O) groups is 4.